The van der Waals surface area contributed by atoms with Gasteiger partial charge >= 0.3 is 23.1 Å². The second-order valence-corrected chi connectivity index (χ2v) is 4.89. The second kappa shape index (κ2) is 4.27. The second-order valence-electron chi connectivity index (χ2n) is 1.04. The summed E-state index contributed by atoms with van der Waals surface area (Å²) >= 11 is 8.32. The Balaban J connectivity index is -0.000000163. The molecule has 0 nitrogen and oxygen atoms in total. The standard InChI is InChI=1S/C4H2Br2S.Mg.2H/c5-3-1-2-4(6)7-3;;;/h1-2H;;;/q;+2;2*-1. The monoisotopic (exact) mass is 266 g/mol. The van der Waals surface area contributed by atoms with Crippen molar-refractivity contribution in [2.45, 2.75) is 0 Å². The Morgan fingerprint density at radius 2 is 1.62 bits per heavy atom. The fourth-order valence-corrected chi connectivity index (χ4v) is 2.71. The van der Waals surface area contributed by atoms with Crippen LogP contribution in [0.5, 0.6) is 0 Å². The van der Waals surface area contributed by atoms with Crippen LogP contribution < -0.4 is 0 Å². The van der Waals surface area contributed by atoms with Gasteiger partial charge in [0.15, 0.2) is 0 Å². The zero-order chi connectivity index (χ0) is 5.28. The van der Waals surface area contributed by atoms with Gasteiger partial charge in [0.2, 0.25) is 0 Å². The third kappa shape index (κ3) is 2.82. The third-order valence-electron chi connectivity index (χ3n) is 0.540. The molecule has 0 amide bonds. The van der Waals surface area contributed by atoms with E-state index >= 15 is 0 Å². The van der Waals surface area contributed by atoms with Gasteiger partial charge in [0.1, 0.15) is 0 Å². The number of rotatable bonds is 0. The van der Waals surface area contributed by atoms with Gasteiger partial charge in [-0.3, -0.25) is 0 Å². The summed E-state index contributed by atoms with van der Waals surface area (Å²) in [4.78, 5) is 0. The van der Waals surface area contributed by atoms with Gasteiger partial charge in [-0.25, -0.2) is 0 Å². The van der Waals surface area contributed by atoms with Crippen molar-refractivity contribution >= 4 is 66.2 Å². The molecule has 4 heteroatoms. The molecule has 1 rings (SSSR count). The van der Waals surface area contributed by atoms with Crippen molar-refractivity contribution < 1.29 is 2.85 Å². The van der Waals surface area contributed by atoms with Crippen LogP contribution in [0.2, 0.25) is 0 Å². The van der Waals surface area contributed by atoms with Crippen molar-refractivity contribution in [3.05, 3.63) is 19.7 Å². The van der Waals surface area contributed by atoms with Crippen molar-refractivity contribution in [1.82, 2.24) is 0 Å². The first kappa shape index (κ1) is 9.43. The van der Waals surface area contributed by atoms with E-state index in [2.05, 4.69) is 31.9 Å². The Labute approximate surface area is 88.0 Å². The molecule has 0 saturated carbocycles. The van der Waals surface area contributed by atoms with E-state index in [-0.39, 0.29) is 25.9 Å². The molecule has 0 N–H and O–H groups in total. The zero-order valence-corrected chi connectivity index (χ0v) is 9.43. The van der Waals surface area contributed by atoms with Crippen LogP contribution in [0, 0.1) is 0 Å². The number of hydrogen-bond donors (Lipinski definition) is 0. The van der Waals surface area contributed by atoms with Crippen LogP contribution in [0.1, 0.15) is 2.85 Å². The molecule has 0 spiro atoms. The van der Waals surface area contributed by atoms with Crippen LogP contribution in [-0.2, 0) is 0 Å². The topological polar surface area (TPSA) is 0 Å². The van der Waals surface area contributed by atoms with Gasteiger partial charge in [0.05, 0.1) is 7.57 Å². The minimum absolute atomic E-state index is 0. The SMILES string of the molecule is Brc1ccc(Br)s1.[H-].[H-].[Mg+2]. The van der Waals surface area contributed by atoms with E-state index in [1.54, 1.807) is 11.3 Å². The molecular formula is C4H4Br2MgS. The summed E-state index contributed by atoms with van der Waals surface area (Å²) in [6.45, 7) is 0. The van der Waals surface area contributed by atoms with Gasteiger partial charge in [-0.2, -0.15) is 0 Å². The molecule has 0 unspecified atom stereocenters. The van der Waals surface area contributed by atoms with E-state index in [1.807, 2.05) is 12.1 Å². The summed E-state index contributed by atoms with van der Waals surface area (Å²) < 4.78 is 2.33. The van der Waals surface area contributed by atoms with Crippen LogP contribution in [0.25, 0.3) is 0 Å². The Morgan fingerprint density at radius 3 is 1.75 bits per heavy atom. The molecule has 1 aromatic heterocycles. The minimum atomic E-state index is 0. The Hall–Kier alpha value is 1.43. The maximum Gasteiger partial charge on any atom is 2.00 e. The van der Waals surface area contributed by atoms with Gasteiger partial charge in [0.25, 0.3) is 0 Å². The molecule has 0 radical (unpaired) electrons. The third-order valence-corrected chi connectivity index (χ3v) is 2.70. The quantitative estimate of drug-likeness (QED) is 0.634. The molecule has 1 aromatic rings. The summed E-state index contributed by atoms with van der Waals surface area (Å²) in [6, 6.07) is 4.02. The fraction of sp³-hybridized carbons (Fsp3) is 0. The first-order chi connectivity index (χ1) is 3.29. The first-order valence-corrected chi connectivity index (χ1v) is 4.10. The molecule has 0 aromatic carbocycles. The fourth-order valence-electron chi connectivity index (χ4n) is 0.292. The van der Waals surface area contributed by atoms with Crippen molar-refractivity contribution in [3.8, 4) is 0 Å². The van der Waals surface area contributed by atoms with E-state index in [0.717, 1.165) is 0 Å². The molecule has 1 heterocycles. The van der Waals surface area contributed by atoms with Gasteiger partial charge < -0.3 is 2.85 Å². The van der Waals surface area contributed by atoms with Crippen molar-refractivity contribution in [2.75, 3.05) is 0 Å². The van der Waals surface area contributed by atoms with Gasteiger partial charge in [-0.15, -0.1) is 11.3 Å². The Bertz CT molecular complexity index is 154. The molecule has 0 aliphatic heterocycles. The molecule has 0 fully saturated rings. The normalized spacial score (nSPS) is 8.25. The maximum atomic E-state index is 3.32. The summed E-state index contributed by atoms with van der Waals surface area (Å²) in [6.07, 6.45) is 0. The summed E-state index contributed by atoms with van der Waals surface area (Å²) in [7, 11) is 0. The minimum Gasteiger partial charge on any atom is -1.00 e. The average Bonchev–Trinajstić information content (AvgIpc) is 1.87. The predicted molar refractivity (Wildman–Crippen MR) is 47.7 cm³/mol. The average molecular weight is 268 g/mol. The van der Waals surface area contributed by atoms with E-state index in [9.17, 15) is 0 Å². The molecule has 0 aliphatic rings. The zero-order valence-electron chi connectivity index (χ0n) is 6.03. The van der Waals surface area contributed by atoms with Gasteiger partial charge in [-0.05, 0) is 44.0 Å². The van der Waals surface area contributed by atoms with Crippen LogP contribution in [0.4, 0.5) is 0 Å². The molecule has 42 valence electrons. The molecular weight excluding hydrogens is 264 g/mol. The van der Waals surface area contributed by atoms with E-state index in [1.165, 1.54) is 7.57 Å². The molecule has 0 aliphatic carbocycles. The number of halogens is 2. The van der Waals surface area contributed by atoms with Gasteiger partial charge in [0, 0.05) is 0 Å². The van der Waals surface area contributed by atoms with Gasteiger partial charge in [-0.1, -0.05) is 0 Å². The van der Waals surface area contributed by atoms with Crippen LogP contribution in [-0.4, -0.2) is 23.1 Å². The Morgan fingerprint density at radius 1 is 1.25 bits per heavy atom. The smallest absolute Gasteiger partial charge is 1.00 e. The van der Waals surface area contributed by atoms with Crippen LogP contribution >= 0.6 is 43.2 Å². The van der Waals surface area contributed by atoms with Crippen LogP contribution in [0.15, 0.2) is 19.7 Å². The van der Waals surface area contributed by atoms with E-state index in [4.69, 9.17) is 0 Å². The molecule has 0 atom stereocenters. The predicted octanol–water partition coefficient (Wildman–Crippen LogP) is 3.12. The first-order valence-electron chi connectivity index (χ1n) is 1.70. The summed E-state index contributed by atoms with van der Waals surface area (Å²) in [5.74, 6) is 0. The van der Waals surface area contributed by atoms with Crippen molar-refractivity contribution in [2.24, 2.45) is 0 Å². The number of thiophene rings is 1. The van der Waals surface area contributed by atoms with Crippen molar-refractivity contribution in [1.29, 1.82) is 0 Å². The molecule has 8 heavy (non-hydrogen) atoms. The summed E-state index contributed by atoms with van der Waals surface area (Å²) in [5.41, 5.74) is 0. The molecule has 0 bridgehead atoms. The summed E-state index contributed by atoms with van der Waals surface area (Å²) in [5, 5.41) is 0. The molecule has 0 saturated heterocycles. The Kier molecular flexibility index (Phi) is 5.04. The van der Waals surface area contributed by atoms with Crippen LogP contribution in [0.3, 0.4) is 0 Å². The largest absolute Gasteiger partial charge is 2.00 e. The van der Waals surface area contributed by atoms with E-state index in [0.29, 0.717) is 0 Å². The van der Waals surface area contributed by atoms with E-state index < -0.39 is 0 Å². The van der Waals surface area contributed by atoms with Crippen molar-refractivity contribution in [3.63, 3.8) is 0 Å². The maximum absolute atomic E-state index is 3.32. The number of hydrogen-bond acceptors (Lipinski definition) is 1.